The molecule has 2 rings (SSSR count). The molecule has 0 unspecified atom stereocenters. The number of nitriles is 1. The summed E-state index contributed by atoms with van der Waals surface area (Å²) in [6.45, 7) is 0. The quantitative estimate of drug-likeness (QED) is 0.615. The molecule has 0 N–H and O–H groups in total. The Hall–Kier alpha value is -2.74. The van der Waals surface area contributed by atoms with Gasteiger partial charge in [-0.2, -0.15) is 5.26 Å². The number of hydrogen-bond donors (Lipinski definition) is 0. The first kappa shape index (κ1) is 12.7. The van der Waals surface area contributed by atoms with Crippen molar-refractivity contribution in [2.45, 2.75) is 0 Å². The molecule has 19 heavy (non-hydrogen) atoms. The van der Waals surface area contributed by atoms with E-state index >= 15 is 0 Å². The summed E-state index contributed by atoms with van der Waals surface area (Å²) in [5, 5.41) is 8.51. The predicted octanol–water partition coefficient (Wildman–Crippen LogP) is 3.06. The molecule has 0 saturated carbocycles. The zero-order valence-corrected chi connectivity index (χ0v) is 9.56. The maximum Gasteiger partial charge on any atom is 0.343 e. The SMILES string of the molecule is N#Cc1c(F)cc(OC(=O)c2ccccc2)cc1F. The number of hydrogen-bond acceptors (Lipinski definition) is 3. The van der Waals surface area contributed by atoms with Crippen molar-refractivity contribution in [3.63, 3.8) is 0 Å². The number of carbonyl (C=O) groups excluding carboxylic acids is 1. The van der Waals surface area contributed by atoms with Crippen LogP contribution in [0.2, 0.25) is 0 Å². The summed E-state index contributed by atoms with van der Waals surface area (Å²) in [7, 11) is 0. The van der Waals surface area contributed by atoms with E-state index in [2.05, 4.69) is 0 Å². The molecule has 0 atom stereocenters. The molecule has 3 nitrogen and oxygen atoms in total. The van der Waals surface area contributed by atoms with Gasteiger partial charge >= 0.3 is 5.97 Å². The molecular weight excluding hydrogens is 252 g/mol. The van der Waals surface area contributed by atoms with Crippen molar-refractivity contribution in [1.82, 2.24) is 0 Å². The fraction of sp³-hybridized carbons (Fsp3) is 0. The average molecular weight is 259 g/mol. The topological polar surface area (TPSA) is 50.1 Å². The lowest BCUT2D eigenvalue weighted by Gasteiger charge is -2.05. The zero-order valence-electron chi connectivity index (χ0n) is 9.56. The second-order valence-corrected chi connectivity index (χ2v) is 3.63. The van der Waals surface area contributed by atoms with Crippen molar-refractivity contribution in [3.8, 4) is 11.8 Å². The van der Waals surface area contributed by atoms with Gasteiger partial charge in [-0.1, -0.05) is 18.2 Å². The summed E-state index contributed by atoms with van der Waals surface area (Å²) in [4.78, 5) is 11.7. The molecular formula is C14H7F2NO2. The Labute approximate surface area is 107 Å². The lowest BCUT2D eigenvalue weighted by atomic mass is 10.2. The minimum Gasteiger partial charge on any atom is -0.423 e. The van der Waals surface area contributed by atoms with Crippen LogP contribution in [0.5, 0.6) is 5.75 Å². The maximum absolute atomic E-state index is 13.3. The van der Waals surface area contributed by atoms with Gasteiger partial charge in [0.1, 0.15) is 29.0 Å². The first-order chi connectivity index (χ1) is 9.11. The fourth-order valence-corrected chi connectivity index (χ4v) is 1.46. The van der Waals surface area contributed by atoms with E-state index in [1.54, 1.807) is 18.2 Å². The van der Waals surface area contributed by atoms with Crippen LogP contribution in [0, 0.1) is 23.0 Å². The van der Waals surface area contributed by atoms with Crippen LogP contribution in [-0.2, 0) is 0 Å². The summed E-state index contributed by atoms with van der Waals surface area (Å²) in [5.41, 5.74) is -0.452. The highest BCUT2D eigenvalue weighted by Crippen LogP contribution is 2.21. The van der Waals surface area contributed by atoms with E-state index in [9.17, 15) is 13.6 Å². The monoisotopic (exact) mass is 259 g/mol. The van der Waals surface area contributed by atoms with Crippen LogP contribution in [0.4, 0.5) is 8.78 Å². The van der Waals surface area contributed by atoms with Crippen LogP contribution in [-0.4, -0.2) is 5.97 Å². The first-order valence-corrected chi connectivity index (χ1v) is 5.28. The highest BCUT2D eigenvalue weighted by molar-refractivity contribution is 5.90. The Morgan fingerprint density at radius 2 is 1.68 bits per heavy atom. The normalized spacial score (nSPS) is 9.74. The van der Waals surface area contributed by atoms with E-state index in [1.807, 2.05) is 0 Å². The number of esters is 1. The lowest BCUT2D eigenvalue weighted by Crippen LogP contribution is -2.09. The highest BCUT2D eigenvalue weighted by atomic mass is 19.1. The van der Waals surface area contributed by atoms with Crippen LogP contribution >= 0.6 is 0 Å². The summed E-state index contributed by atoms with van der Waals surface area (Å²) < 4.78 is 31.5. The van der Waals surface area contributed by atoms with Crippen molar-refractivity contribution in [2.75, 3.05) is 0 Å². The molecule has 0 aromatic heterocycles. The Kier molecular flexibility index (Phi) is 3.53. The molecule has 0 fully saturated rings. The van der Waals surface area contributed by atoms with Crippen LogP contribution in [0.1, 0.15) is 15.9 Å². The van der Waals surface area contributed by atoms with Crippen LogP contribution in [0.3, 0.4) is 0 Å². The number of halogens is 2. The third-order valence-electron chi connectivity index (χ3n) is 2.35. The lowest BCUT2D eigenvalue weighted by molar-refractivity contribution is 0.0734. The largest absolute Gasteiger partial charge is 0.423 e. The maximum atomic E-state index is 13.3. The Morgan fingerprint density at radius 1 is 1.11 bits per heavy atom. The first-order valence-electron chi connectivity index (χ1n) is 5.28. The minimum absolute atomic E-state index is 0.257. The summed E-state index contributed by atoms with van der Waals surface area (Å²) in [6, 6.07) is 11.0. The van der Waals surface area contributed by atoms with Gasteiger partial charge in [-0.3, -0.25) is 0 Å². The second kappa shape index (κ2) is 5.27. The van der Waals surface area contributed by atoms with Crippen LogP contribution in [0.15, 0.2) is 42.5 Å². The van der Waals surface area contributed by atoms with Crippen molar-refractivity contribution in [3.05, 3.63) is 65.2 Å². The molecule has 0 aliphatic heterocycles. The molecule has 0 amide bonds. The van der Waals surface area contributed by atoms with E-state index in [1.165, 1.54) is 18.2 Å². The molecule has 0 spiro atoms. The van der Waals surface area contributed by atoms with Gasteiger partial charge in [0, 0.05) is 12.1 Å². The van der Waals surface area contributed by atoms with Gasteiger partial charge in [0.2, 0.25) is 0 Å². The van der Waals surface area contributed by atoms with Crippen molar-refractivity contribution in [1.29, 1.82) is 5.26 Å². The van der Waals surface area contributed by atoms with Gasteiger partial charge in [0.25, 0.3) is 0 Å². The zero-order chi connectivity index (χ0) is 13.8. The molecule has 0 aliphatic carbocycles. The third-order valence-corrected chi connectivity index (χ3v) is 2.35. The smallest absolute Gasteiger partial charge is 0.343 e. The Balaban J connectivity index is 2.26. The van der Waals surface area contributed by atoms with Crippen LogP contribution in [0.25, 0.3) is 0 Å². The van der Waals surface area contributed by atoms with Crippen molar-refractivity contribution < 1.29 is 18.3 Å². The van der Waals surface area contributed by atoms with Gasteiger partial charge in [0.05, 0.1) is 5.56 Å². The van der Waals surface area contributed by atoms with Gasteiger partial charge < -0.3 is 4.74 Å². The van der Waals surface area contributed by atoms with Gasteiger partial charge in [-0.05, 0) is 12.1 Å². The third kappa shape index (κ3) is 2.75. The van der Waals surface area contributed by atoms with Crippen molar-refractivity contribution >= 4 is 5.97 Å². The second-order valence-electron chi connectivity index (χ2n) is 3.63. The highest BCUT2D eigenvalue weighted by Gasteiger charge is 2.14. The Morgan fingerprint density at radius 3 is 2.21 bits per heavy atom. The van der Waals surface area contributed by atoms with E-state index in [0.717, 1.165) is 12.1 Å². The van der Waals surface area contributed by atoms with Crippen molar-refractivity contribution in [2.24, 2.45) is 0 Å². The van der Waals surface area contributed by atoms with E-state index < -0.39 is 23.2 Å². The summed E-state index contributed by atoms with van der Waals surface area (Å²) in [6.07, 6.45) is 0. The molecule has 0 aliphatic rings. The molecule has 2 aromatic carbocycles. The van der Waals surface area contributed by atoms with E-state index in [0.29, 0.717) is 0 Å². The summed E-state index contributed by atoms with van der Waals surface area (Å²) in [5.74, 6) is -3.16. The number of ether oxygens (including phenoxy) is 1. The molecule has 0 heterocycles. The molecule has 2 aromatic rings. The van der Waals surface area contributed by atoms with E-state index in [-0.39, 0.29) is 11.3 Å². The van der Waals surface area contributed by atoms with Gasteiger partial charge in [-0.25, -0.2) is 13.6 Å². The predicted molar refractivity (Wildman–Crippen MR) is 62.5 cm³/mol. The molecule has 0 saturated heterocycles. The molecule has 5 heteroatoms. The number of rotatable bonds is 2. The molecule has 0 radical (unpaired) electrons. The van der Waals surface area contributed by atoms with Crippen LogP contribution < -0.4 is 4.74 Å². The standard InChI is InChI=1S/C14H7F2NO2/c15-12-6-10(7-13(16)11(12)8-17)19-14(18)9-4-2-1-3-5-9/h1-7H. The minimum atomic E-state index is -1.07. The van der Waals surface area contributed by atoms with Gasteiger partial charge in [-0.15, -0.1) is 0 Å². The average Bonchev–Trinajstić information content (AvgIpc) is 2.39. The Bertz CT molecular complexity index is 640. The summed E-state index contributed by atoms with van der Waals surface area (Å²) >= 11 is 0. The van der Waals surface area contributed by atoms with E-state index in [4.69, 9.17) is 10.00 Å². The fourth-order valence-electron chi connectivity index (χ4n) is 1.46. The molecule has 0 bridgehead atoms. The number of benzene rings is 2. The van der Waals surface area contributed by atoms with Gasteiger partial charge in [0.15, 0.2) is 0 Å². The number of carbonyl (C=O) groups is 1. The number of nitrogens with zero attached hydrogens (tertiary/aromatic N) is 1. The molecule has 94 valence electrons.